The van der Waals surface area contributed by atoms with E-state index < -0.39 is 29.2 Å². The molecular formula is C17H28O5. The Kier molecular flexibility index (Phi) is 4.71. The van der Waals surface area contributed by atoms with Gasteiger partial charge in [0.15, 0.2) is 0 Å². The highest BCUT2D eigenvalue weighted by atomic mass is 16.6. The normalized spacial score (nSPS) is 43.5. The summed E-state index contributed by atoms with van der Waals surface area (Å²) in [6.07, 6.45) is 1.96. The number of aliphatic hydroxyl groups is 3. The molecule has 2 rings (SSSR count). The number of carbonyl (C=O) groups is 1. The fraction of sp³-hybridized carbons (Fsp3) is 0.824. The summed E-state index contributed by atoms with van der Waals surface area (Å²) in [4.78, 5) is 11.5. The van der Waals surface area contributed by atoms with Crippen molar-refractivity contribution in [2.75, 3.05) is 6.61 Å². The molecule has 0 aromatic heterocycles. The molecule has 0 aromatic rings. The summed E-state index contributed by atoms with van der Waals surface area (Å²) in [6, 6.07) is 0. The Hall–Kier alpha value is -0.910. The van der Waals surface area contributed by atoms with Crippen molar-refractivity contribution in [1.82, 2.24) is 0 Å². The van der Waals surface area contributed by atoms with Gasteiger partial charge in [0.25, 0.3) is 0 Å². The SMILES string of the molecule is CC(=O)O[C@H]1C/C(C)=C/[C@@H](O)C[C@@H](CO)[C@H]2CC(C)(C)[C@]12O. The molecule has 2 aliphatic carbocycles. The Morgan fingerprint density at radius 2 is 2.09 bits per heavy atom. The van der Waals surface area contributed by atoms with Crippen LogP contribution in [-0.2, 0) is 9.53 Å². The van der Waals surface area contributed by atoms with Gasteiger partial charge >= 0.3 is 5.97 Å². The van der Waals surface area contributed by atoms with E-state index in [0.717, 1.165) is 12.0 Å². The number of aliphatic hydroxyl groups excluding tert-OH is 2. The molecule has 5 nitrogen and oxygen atoms in total. The second-order valence-electron chi connectivity index (χ2n) is 7.58. The number of hydrogen-bond acceptors (Lipinski definition) is 5. The van der Waals surface area contributed by atoms with Crippen molar-refractivity contribution in [2.24, 2.45) is 17.3 Å². The van der Waals surface area contributed by atoms with Crippen LogP contribution in [0.4, 0.5) is 0 Å². The number of carbonyl (C=O) groups excluding carboxylic acids is 1. The molecule has 0 aliphatic heterocycles. The second kappa shape index (κ2) is 5.95. The van der Waals surface area contributed by atoms with Crippen LogP contribution in [-0.4, -0.2) is 45.7 Å². The molecule has 0 unspecified atom stereocenters. The minimum absolute atomic E-state index is 0.0974. The highest BCUT2D eigenvalue weighted by Gasteiger charge is 2.66. The van der Waals surface area contributed by atoms with Gasteiger partial charge in [0.2, 0.25) is 0 Å². The molecule has 0 saturated heterocycles. The largest absolute Gasteiger partial charge is 0.459 e. The third kappa shape index (κ3) is 2.82. The molecule has 0 amide bonds. The summed E-state index contributed by atoms with van der Waals surface area (Å²) in [7, 11) is 0. The van der Waals surface area contributed by atoms with E-state index in [4.69, 9.17) is 4.74 Å². The molecule has 2 aliphatic rings. The van der Waals surface area contributed by atoms with Crippen LogP contribution in [0.5, 0.6) is 0 Å². The van der Waals surface area contributed by atoms with Crippen LogP contribution in [0.25, 0.3) is 0 Å². The molecule has 3 N–H and O–H groups in total. The van der Waals surface area contributed by atoms with Crippen molar-refractivity contribution >= 4 is 5.97 Å². The summed E-state index contributed by atoms with van der Waals surface area (Å²) >= 11 is 0. The maximum absolute atomic E-state index is 11.5. The van der Waals surface area contributed by atoms with Crippen molar-refractivity contribution in [3.05, 3.63) is 11.6 Å². The molecule has 1 fully saturated rings. The summed E-state index contributed by atoms with van der Waals surface area (Å²) < 4.78 is 5.46. The predicted molar refractivity (Wildman–Crippen MR) is 82.0 cm³/mol. The van der Waals surface area contributed by atoms with Crippen LogP contribution < -0.4 is 0 Å². The molecule has 0 spiro atoms. The van der Waals surface area contributed by atoms with E-state index >= 15 is 0 Å². The van der Waals surface area contributed by atoms with Gasteiger partial charge in [0, 0.05) is 20.0 Å². The van der Waals surface area contributed by atoms with E-state index in [0.29, 0.717) is 12.8 Å². The molecule has 0 bridgehead atoms. The summed E-state index contributed by atoms with van der Waals surface area (Å²) in [5.41, 5.74) is -0.710. The quantitative estimate of drug-likeness (QED) is 0.530. The number of ether oxygens (including phenoxy) is 1. The first kappa shape index (κ1) is 17.4. The van der Waals surface area contributed by atoms with E-state index in [1.54, 1.807) is 6.08 Å². The Balaban J connectivity index is 2.44. The maximum Gasteiger partial charge on any atom is 0.303 e. The highest BCUT2D eigenvalue weighted by molar-refractivity contribution is 5.66. The van der Waals surface area contributed by atoms with Crippen LogP contribution >= 0.6 is 0 Å². The zero-order valence-corrected chi connectivity index (χ0v) is 13.9. The van der Waals surface area contributed by atoms with Gasteiger partial charge in [0.1, 0.15) is 11.7 Å². The van der Waals surface area contributed by atoms with Crippen molar-refractivity contribution < 1.29 is 24.9 Å². The lowest BCUT2D eigenvalue weighted by Gasteiger charge is -2.63. The van der Waals surface area contributed by atoms with Crippen LogP contribution in [0.15, 0.2) is 11.6 Å². The summed E-state index contributed by atoms with van der Waals surface area (Å²) in [6.45, 7) is 7.03. The Morgan fingerprint density at radius 1 is 1.45 bits per heavy atom. The second-order valence-corrected chi connectivity index (χ2v) is 7.58. The van der Waals surface area contributed by atoms with Gasteiger partial charge in [-0.25, -0.2) is 0 Å². The van der Waals surface area contributed by atoms with Crippen LogP contribution in [0.1, 0.15) is 47.0 Å². The number of esters is 1. The van der Waals surface area contributed by atoms with Crippen molar-refractivity contribution in [3.8, 4) is 0 Å². The van der Waals surface area contributed by atoms with E-state index in [1.807, 2.05) is 20.8 Å². The van der Waals surface area contributed by atoms with Gasteiger partial charge in [-0.2, -0.15) is 0 Å². The molecule has 0 heterocycles. The van der Waals surface area contributed by atoms with Gasteiger partial charge < -0.3 is 20.1 Å². The molecular weight excluding hydrogens is 284 g/mol. The number of hydrogen-bond donors (Lipinski definition) is 3. The fourth-order valence-corrected chi connectivity index (χ4v) is 4.36. The Morgan fingerprint density at radius 3 is 2.59 bits per heavy atom. The molecule has 0 radical (unpaired) electrons. The van der Waals surface area contributed by atoms with E-state index in [2.05, 4.69) is 0 Å². The lowest BCUT2D eigenvalue weighted by molar-refractivity contribution is -0.273. The fourth-order valence-electron chi connectivity index (χ4n) is 4.36. The van der Waals surface area contributed by atoms with Gasteiger partial charge in [-0.15, -0.1) is 0 Å². The van der Waals surface area contributed by atoms with Gasteiger partial charge in [-0.3, -0.25) is 4.79 Å². The lowest BCUT2D eigenvalue weighted by atomic mass is 9.46. The molecule has 1 saturated carbocycles. The topological polar surface area (TPSA) is 87.0 Å². The van der Waals surface area contributed by atoms with E-state index in [1.165, 1.54) is 6.92 Å². The molecule has 126 valence electrons. The number of rotatable bonds is 2. The maximum atomic E-state index is 11.5. The monoisotopic (exact) mass is 312 g/mol. The average Bonchev–Trinajstić information content (AvgIpc) is 2.42. The smallest absolute Gasteiger partial charge is 0.303 e. The van der Waals surface area contributed by atoms with E-state index in [-0.39, 0.29) is 18.4 Å². The van der Waals surface area contributed by atoms with E-state index in [9.17, 15) is 20.1 Å². The zero-order valence-electron chi connectivity index (χ0n) is 13.9. The van der Waals surface area contributed by atoms with Gasteiger partial charge in [0.05, 0.1) is 6.10 Å². The third-order valence-corrected chi connectivity index (χ3v) is 5.51. The molecule has 5 heteroatoms. The van der Waals surface area contributed by atoms with Crippen LogP contribution in [0, 0.1) is 17.3 Å². The molecule has 5 atom stereocenters. The van der Waals surface area contributed by atoms with Crippen LogP contribution in [0.3, 0.4) is 0 Å². The van der Waals surface area contributed by atoms with Crippen molar-refractivity contribution in [2.45, 2.75) is 64.8 Å². The summed E-state index contributed by atoms with van der Waals surface area (Å²) in [5.74, 6) is -0.827. The standard InChI is InChI=1S/C17H28O5/c1-10-5-13(20)7-12(9-18)14-8-16(3,4)17(14,21)15(6-10)22-11(2)19/h5,12-15,18,20-21H,6-9H2,1-4H3/b10-5+/t12-,13+,14+,15-,17+/m0/s1. The molecule has 22 heavy (non-hydrogen) atoms. The number of fused-ring (bicyclic) bond motifs is 1. The summed E-state index contributed by atoms with van der Waals surface area (Å²) in [5, 5.41) is 31.3. The lowest BCUT2D eigenvalue weighted by Crippen LogP contribution is -2.70. The average molecular weight is 312 g/mol. The predicted octanol–water partition coefficient (Wildman–Crippen LogP) is 1.40. The molecule has 0 aromatic carbocycles. The highest BCUT2D eigenvalue weighted by Crippen LogP contribution is 2.60. The Bertz CT molecular complexity index is 470. The van der Waals surface area contributed by atoms with Gasteiger partial charge in [-0.05, 0) is 37.0 Å². The Labute approximate surface area is 132 Å². The van der Waals surface area contributed by atoms with Gasteiger partial charge in [-0.1, -0.05) is 25.5 Å². The van der Waals surface area contributed by atoms with Crippen molar-refractivity contribution in [1.29, 1.82) is 0 Å². The first-order valence-electron chi connectivity index (χ1n) is 7.97. The zero-order chi connectivity index (χ0) is 16.7. The minimum atomic E-state index is -1.19. The van der Waals surface area contributed by atoms with Crippen molar-refractivity contribution in [3.63, 3.8) is 0 Å². The van der Waals surface area contributed by atoms with Crippen LogP contribution in [0.2, 0.25) is 0 Å². The first-order chi connectivity index (χ1) is 10.1. The minimum Gasteiger partial charge on any atom is -0.459 e. The first-order valence-corrected chi connectivity index (χ1v) is 7.97. The third-order valence-electron chi connectivity index (χ3n) is 5.51.